The molecule has 0 unspecified atom stereocenters. The predicted molar refractivity (Wildman–Crippen MR) is 85.7 cm³/mol. The number of halogens is 1. The zero-order valence-electron chi connectivity index (χ0n) is 14.0. The molecular formula is C16H24FN3O3. The zero-order chi connectivity index (χ0) is 17.6. The molecule has 0 bridgehead atoms. The van der Waals surface area contributed by atoms with E-state index in [9.17, 15) is 9.18 Å². The number of esters is 1. The van der Waals surface area contributed by atoms with E-state index in [1.54, 1.807) is 11.9 Å². The summed E-state index contributed by atoms with van der Waals surface area (Å²) in [5.41, 5.74) is 5.83. The van der Waals surface area contributed by atoms with Gasteiger partial charge in [0.2, 0.25) is 0 Å². The van der Waals surface area contributed by atoms with Gasteiger partial charge < -0.3 is 20.6 Å². The van der Waals surface area contributed by atoms with Crippen LogP contribution in [0.4, 0.5) is 4.39 Å². The molecule has 0 aliphatic rings. The summed E-state index contributed by atoms with van der Waals surface area (Å²) in [6, 6.07) is 4.23. The van der Waals surface area contributed by atoms with E-state index in [1.807, 2.05) is 20.8 Å². The van der Waals surface area contributed by atoms with Crippen LogP contribution in [-0.4, -0.2) is 41.1 Å². The molecule has 0 saturated carbocycles. The minimum atomic E-state index is -0.517. The average molecular weight is 325 g/mol. The highest BCUT2D eigenvalue weighted by molar-refractivity contribution is 5.97. The van der Waals surface area contributed by atoms with Crippen molar-refractivity contribution in [1.82, 2.24) is 4.90 Å². The van der Waals surface area contributed by atoms with Crippen LogP contribution in [0.15, 0.2) is 23.4 Å². The Morgan fingerprint density at radius 1 is 1.43 bits per heavy atom. The maximum atomic E-state index is 13.9. The number of hydrogen-bond donors (Lipinski definition) is 2. The van der Waals surface area contributed by atoms with Gasteiger partial charge in [0.15, 0.2) is 5.84 Å². The fourth-order valence-electron chi connectivity index (χ4n) is 1.96. The van der Waals surface area contributed by atoms with Crippen molar-refractivity contribution in [2.75, 3.05) is 13.6 Å². The highest BCUT2D eigenvalue weighted by Gasteiger charge is 2.17. The smallest absolute Gasteiger partial charge is 0.307 e. The Hall–Kier alpha value is -2.15. The fraction of sp³-hybridized carbons (Fsp3) is 0.500. The second-order valence-corrected chi connectivity index (χ2v) is 6.37. The van der Waals surface area contributed by atoms with Crippen LogP contribution in [0.2, 0.25) is 0 Å². The molecule has 0 saturated heterocycles. The third kappa shape index (κ3) is 6.65. The standard InChI is InChI=1S/C16H24FN3O3/c1-16(2,3)23-14(21)7-8-20(4)10-12-9-11(15(18)19-22)5-6-13(12)17/h5-6,9,22H,7-8,10H2,1-4H3,(H2,18,19). The molecule has 128 valence electrons. The van der Waals surface area contributed by atoms with E-state index in [4.69, 9.17) is 15.7 Å². The lowest BCUT2D eigenvalue weighted by molar-refractivity contribution is -0.155. The largest absolute Gasteiger partial charge is 0.460 e. The Balaban J connectivity index is 2.64. The summed E-state index contributed by atoms with van der Waals surface area (Å²) in [5.74, 6) is -0.763. The van der Waals surface area contributed by atoms with Crippen LogP contribution in [0.25, 0.3) is 0 Å². The lowest BCUT2D eigenvalue weighted by Gasteiger charge is -2.21. The van der Waals surface area contributed by atoms with Crippen LogP contribution in [0.5, 0.6) is 0 Å². The van der Waals surface area contributed by atoms with Gasteiger partial charge in [0.1, 0.15) is 11.4 Å². The van der Waals surface area contributed by atoms with Crippen molar-refractivity contribution < 1.29 is 19.1 Å². The number of ether oxygens (including phenoxy) is 1. The zero-order valence-corrected chi connectivity index (χ0v) is 14.0. The number of carbonyl (C=O) groups is 1. The normalized spacial score (nSPS) is 12.5. The van der Waals surface area contributed by atoms with Crippen molar-refractivity contribution in [3.05, 3.63) is 35.1 Å². The van der Waals surface area contributed by atoms with Crippen molar-refractivity contribution in [2.45, 2.75) is 39.3 Å². The van der Waals surface area contributed by atoms with Gasteiger partial charge in [-0.1, -0.05) is 5.16 Å². The van der Waals surface area contributed by atoms with Crippen molar-refractivity contribution >= 4 is 11.8 Å². The predicted octanol–water partition coefficient (Wildman–Crippen LogP) is 2.08. The van der Waals surface area contributed by atoms with Crippen LogP contribution in [-0.2, 0) is 16.1 Å². The third-order valence-electron chi connectivity index (χ3n) is 3.01. The molecule has 1 rings (SSSR count). The number of hydrogen-bond acceptors (Lipinski definition) is 5. The van der Waals surface area contributed by atoms with Gasteiger partial charge in [-0.15, -0.1) is 0 Å². The van der Waals surface area contributed by atoms with Gasteiger partial charge in [-0.25, -0.2) is 4.39 Å². The van der Waals surface area contributed by atoms with Crippen LogP contribution >= 0.6 is 0 Å². The van der Waals surface area contributed by atoms with Gasteiger partial charge >= 0.3 is 5.97 Å². The summed E-state index contributed by atoms with van der Waals surface area (Å²) in [6.07, 6.45) is 0.218. The highest BCUT2D eigenvalue weighted by Crippen LogP contribution is 2.14. The van der Waals surface area contributed by atoms with E-state index in [-0.39, 0.29) is 24.0 Å². The Morgan fingerprint density at radius 2 is 2.09 bits per heavy atom. The van der Waals surface area contributed by atoms with Gasteiger partial charge in [0.25, 0.3) is 0 Å². The molecule has 0 radical (unpaired) electrons. The fourth-order valence-corrected chi connectivity index (χ4v) is 1.96. The first-order valence-electron chi connectivity index (χ1n) is 7.29. The first kappa shape index (κ1) is 18.9. The first-order chi connectivity index (χ1) is 10.6. The van der Waals surface area contributed by atoms with Gasteiger partial charge in [0, 0.05) is 24.2 Å². The molecule has 0 aliphatic carbocycles. The first-order valence-corrected chi connectivity index (χ1v) is 7.29. The number of amidine groups is 1. The van der Waals surface area contributed by atoms with Crippen LogP contribution in [0.3, 0.4) is 0 Å². The third-order valence-corrected chi connectivity index (χ3v) is 3.01. The van der Waals surface area contributed by atoms with E-state index >= 15 is 0 Å². The molecule has 1 aromatic rings. The molecule has 0 aliphatic heterocycles. The summed E-state index contributed by atoms with van der Waals surface area (Å²) < 4.78 is 19.1. The molecular weight excluding hydrogens is 301 g/mol. The van der Waals surface area contributed by atoms with E-state index in [2.05, 4.69) is 5.16 Å². The van der Waals surface area contributed by atoms with Crippen LogP contribution < -0.4 is 5.73 Å². The van der Waals surface area contributed by atoms with Gasteiger partial charge in [-0.05, 0) is 46.0 Å². The Morgan fingerprint density at radius 3 is 2.65 bits per heavy atom. The van der Waals surface area contributed by atoms with Crippen molar-refractivity contribution in [3.8, 4) is 0 Å². The molecule has 0 aromatic heterocycles. The average Bonchev–Trinajstić information content (AvgIpc) is 2.45. The van der Waals surface area contributed by atoms with E-state index < -0.39 is 5.60 Å². The molecule has 3 N–H and O–H groups in total. The number of carbonyl (C=O) groups excluding carboxylic acids is 1. The van der Waals surface area contributed by atoms with Gasteiger partial charge in [-0.3, -0.25) is 4.79 Å². The monoisotopic (exact) mass is 325 g/mol. The molecule has 0 amide bonds. The van der Waals surface area contributed by atoms with Crippen molar-refractivity contribution in [2.24, 2.45) is 10.9 Å². The number of benzene rings is 1. The molecule has 7 heteroatoms. The minimum absolute atomic E-state index is 0.0809. The summed E-state index contributed by atoms with van der Waals surface area (Å²) in [5, 5.41) is 11.6. The topological polar surface area (TPSA) is 88.2 Å². The Kier molecular flexibility index (Phi) is 6.50. The maximum absolute atomic E-state index is 13.9. The molecule has 6 nitrogen and oxygen atoms in total. The molecule has 0 fully saturated rings. The summed E-state index contributed by atoms with van der Waals surface area (Å²) >= 11 is 0. The van der Waals surface area contributed by atoms with Crippen LogP contribution in [0, 0.1) is 5.82 Å². The molecule has 1 aromatic carbocycles. The van der Waals surface area contributed by atoms with Crippen molar-refractivity contribution in [1.29, 1.82) is 0 Å². The number of rotatable bonds is 6. The van der Waals surface area contributed by atoms with E-state index in [0.717, 1.165) is 0 Å². The second-order valence-electron chi connectivity index (χ2n) is 6.37. The van der Waals surface area contributed by atoms with Gasteiger partial charge in [-0.2, -0.15) is 0 Å². The lowest BCUT2D eigenvalue weighted by atomic mass is 10.1. The lowest BCUT2D eigenvalue weighted by Crippen LogP contribution is -2.28. The molecule has 0 heterocycles. The maximum Gasteiger partial charge on any atom is 0.307 e. The number of nitrogens with two attached hydrogens (primary N) is 1. The second kappa shape index (κ2) is 7.92. The van der Waals surface area contributed by atoms with Crippen molar-refractivity contribution in [3.63, 3.8) is 0 Å². The van der Waals surface area contributed by atoms with E-state index in [0.29, 0.717) is 24.2 Å². The van der Waals surface area contributed by atoms with E-state index in [1.165, 1.54) is 18.2 Å². The SMILES string of the molecule is CN(CCC(=O)OC(C)(C)C)Cc1cc(/C(N)=N\O)ccc1F. The minimum Gasteiger partial charge on any atom is -0.460 e. The Labute approximate surface area is 135 Å². The Bertz CT molecular complexity index is 582. The summed E-state index contributed by atoms with van der Waals surface area (Å²) in [4.78, 5) is 13.5. The number of oxime groups is 1. The molecule has 0 atom stereocenters. The molecule has 0 spiro atoms. The van der Waals surface area contributed by atoms with Gasteiger partial charge in [0.05, 0.1) is 6.42 Å². The number of nitrogens with zero attached hydrogens (tertiary/aromatic N) is 2. The molecule has 23 heavy (non-hydrogen) atoms. The highest BCUT2D eigenvalue weighted by atomic mass is 19.1. The quantitative estimate of drug-likeness (QED) is 0.275. The summed E-state index contributed by atoms with van der Waals surface area (Å²) in [7, 11) is 1.78. The van der Waals surface area contributed by atoms with Crippen LogP contribution in [0.1, 0.15) is 38.3 Å². The summed E-state index contributed by atoms with van der Waals surface area (Å²) in [6.45, 7) is 6.15.